The Kier molecular flexibility index (Phi) is 3.34. The van der Waals surface area contributed by atoms with Gasteiger partial charge in [0.05, 0.1) is 11.2 Å². The quantitative estimate of drug-likeness (QED) is 0.417. The highest BCUT2D eigenvalue weighted by Gasteiger charge is 2.52. The fourth-order valence-electron chi connectivity index (χ4n) is 3.78. The molecule has 2 nitrogen and oxygen atoms in total. The highest BCUT2D eigenvalue weighted by Crippen LogP contribution is 2.40. The zero-order valence-electron chi connectivity index (χ0n) is 15.5. The maximum absolute atomic E-state index is 6.36. The molecule has 0 amide bonds. The van der Waals surface area contributed by atoms with E-state index in [9.17, 15) is 0 Å². The molecular weight excluding hydrogens is 339 g/mol. The molecule has 0 spiro atoms. The molecule has 4 aromatic rings. The van der Waals surface area contributed by atoms with E-state index in [1.165, 1.54) is 30.9 Å². The van der Waals surface area contributed by atoms with Crippen LogP contribution in [-0.2, 0) is 9.31 Å². The van der Waals surface area contributed by atoms with Crippen molar-refractivity contribution in [1.29, 1.82) is 0 Å². The van der Waals surface area contributed by atoms with Gasteiger partial charge in [-0.1, -0.05) is 42.5 Å². The van der Waals surface area contributed by atoms with Crippen molar-refractivity contribution in [3.63, 3.8) is 0 Å². The Morgan fingerprint density at radius 3 is 2.00 bits per heavy atom. The highest BCUT2D eigenvalue weighted by atomic mass is 32.1. The molecule has 2 heterocycles. The zero-order chi connectivity index (χ0) is 18.1. The molecule has 3 aromatic carbocycles. The van der Waals surface area contributed by atoms with Gasteiger partial charge in [0, 0.05) is 20.2 Å². The van der Waals surface area contributed by atoms with Gasteiger partial charge in [-0.25, -0.2) is 0 Å². The third-order valence-electron chi connectivity index (χ3n) is 5.92. The molecule has 0 N–H and O–H groups in total. The van der Waals surface area contributed by atoms with E-state index in [2.05, 4.69) is 82.3 Å². The van der Waals surface area contributed by atoms with Crippen molar-refractivity contribution in [2.45, 2.75) is 38.9 Å². The number of thiophene rings is 1. The summed E-state index contributed by atoms with van der Waals surface area (Å²) in [4.78, 5) is 0. The standard InChI is InChI=1S/C22H21BO2S/c1-21(2)22(3,4)25-23(24-21)17-13-19-20(15-10-6-5-9-14(15)17)16-11-7-8-12-18(16)26-19/h5-13H,1-4H3. The van der Waals surface area contributed by atoms with Gasteiger partial charge in [-0.05, 0) is 56.1 Å². The molecule has 1 saturated heterocycles. The Bertz CT molecular complexity index is 1140. The maximum atomic E-state index is 6.36. The molecule has 1 aliphatic rings. The number of rotatable bonds is 1. The van der Waals surface area contributed by atoms with Gasteiger partial charge in [-0.2, -0.15) is 0 Å². The topological polar surface area (TPSA) is 18.5 Å². The molecule has 1 fully saturated rings. The van der Waals surface area contributed by atoms with Crippen LogP contribution in [0.2, 0.25) is 0 Å². The molecule has 130 valence electrons. The Morgan fingerprint density at radius 2 is 1.31 bits per heavy atom. The van der Waals surface area contributed by atoms with Gasteiger partial charge in [0.15, 0.2) is 0 Å². The lowest BCUT2D eigenvalue weighted by atomic mass is 9.75. The second kappa shape index (κ2) is 5.32. The average Bonchev–Trinajstić information content (AvgIpc) is 3.08. The van der Waals surface area contributed by atoms with Crippen molar-refractivity contribution in [2.75, 3.05) is 0 Å². The third kappa shape index (κ3) is 2.19. The van der Waals surface area contributed by atoms with Crippen LogP contribution in [0.4, 0.5) is 0 Å². The van der Waals surface area contributed by atoms with Crippen LogP contribution in [0.15, 0.2) is 54.6 Å². The molecule has 5 rings (SSSR count). The van der Waals surface area contributed by atoms with Gasteiger partial charge in [0.25, 0.3) is 0 Å². The number of hydrogen-bond acceptors (Lipinski definition) is 3. The van der Waals surface area contributed by atoms with Crippen LogP contribution in [0, 0.1) is 0 Å². The van der Waals surface area contributed by atoms with Crippen molar-refractivity contribution in [2.24, 2.45) is 0 Å². The first-order valence-electron chi connectivity index (χ1n) is 9.06. The molecule has 0 atom stereocenters. The van der Waals surface area contributed by atoms with E-state index in [1.807, 2.05) is 11.3 Å². The number of benzene rings is 3. The smallest absolute Gasteiger partial charge is 0.399 e. The molecule has 0 bridgehead atoms. The van der Waals surface area contributed by atoms with E-state index in [-0.39, 0.29) is 18.3 Å². The van der Waals surface area contributed by atoms with Crippen LogP contribution in [0.25, 0.3) is 30.9 Å². The summed E-state index contributed by atoms with van der Waals surface area (Å²) < 4.78 is 15.3. The van der Waals surface area contributed by atoms with Crippen molar-refractivity contribution in [1.82, 2.24) is 0 Å². The molecule has 0 aliphatic carbocycles. The predicted molar refractivity (Wildman–Crippen MR) is 113 cm³/mol. The largest absolute Gasteiger partial charge is 0.495 e. The molecule has 0 unspecified atom stereocenters. The summed E-state index contributed by atoms with van der Waals surface area (Å²) in [6, 6.07) is 19.5. The van der Waals surface area contributed by atoms with Crippen LogP contribution >= 0.6 is 11.3 Å². The lowest BCUT2D eigenvalue weighted by Crippen LogP contribution is -2.41. The molecular formula is C22H21BO2S. The van der Waals surface area contributed by atoms with Crippen molar-refractivity contribution in [3.05, 3.63) is 54.6 Å². The molecule has 1 aliphatic heterocycles. The first kappa shape index (κ1) is 16.3. The third-order valence-corrected chi connectivity index (χ3v) is 7.04. The van der Waals surface area contributed by atoms with Crippen LogP contribution < -0.4 is 5.46 Å². The molecule has 0 saturated carbocycles. The normalized spacial score (nSPS) is 19.0. The first-order chi connectivity index (χ1) is 12.4. The first-order valence-corrected chi connectivity index (χ1v) is 9.88. The maximum Gasteiger partial charge on any atom is 0.495 e. The number of fused-ring (bicyclic) bond motifs is 5. The SMILES string of the molecule is CC1(C)OB(c2cc3sc4ccccc4c3c3ccccc23)OC1(C)C. The second-order valence-electron chi connectivity index (χ2n) is 8.07. The molecule has 1 aromatic heterocycles. The van der Waals surface area contributed by atoms with Gasteiger partial charge in [0.2, 0.25) is 0 Å². The Morgan fingerprint density at radius 1 is 0.731 bits per heavy atom. The van der Waals surface area contributed by atoms with E-state index < -0.39 is 0 Å². The van der Waals surface area contributed by atoms with Crippen molar-refractivity contribution < 1.29 is 9.31 Å². The van der Waals surface area contributed by atoms with Gasteiger partial charge in [-0.3, -0.25) is 0 Å². The fraction of sp³-hybridized carbons (Fsp3) is 0.273. The van der Waals surface area contributed by atoms with Gasteiger partial charge >= 0.3 is 7.12 Å². The van der Waals surface area contributed by atoms with Crippen molar-refractivity contribution >= 4 is 54.9 Å². The van der Waals surface area contributed by atoms with Crippen LogP contribution in [0.5, 0.6) is 0 Å². The Balaban J connectivity index is 1.82. The summed E-state index contributed by atoms with van der Waals surface area (Å²) >= 11 is 1.84. The van der Waals surface area contributed by atoms with Crippen LogP contribution in [0.3, 0.4) is 0 Å². The monoisotopic (exact) mass is 360 g/mol. The summed E-state index contributed by atoms with van der Waals surface area (Å²) in [5.41, 5.74) is 0.445. The van der Waals surface area contributed by atoms with E-state index in [0.717, 1.165) is 5.46 Å². The molecule has 0 radical (unpaired) electrons. The van der Waals surface area contributed by atoms with E-state index in [4.69, 9.17) is 9.31 Å². The minimum atomic E-state index is -0.348. The summed E-state index contributed by atoms with van der Waals surface area (Å²) in [5.74, 6) is 0. The van der Waals surface area contributed by atoms with E-state index >= 15 is 0 Å². The Hall–Kier alpha value is -1.88. The number of hydrogen-bond donors (Lipinski definition) is 0. The van der Waals surface area contributed by atoms with Crippen LogP contribution in [-0.4, -0.2) is 18.3 Å². The second-order valence-corrected chi connectivity index (χ2v) is 9.15. The molecule has 26 heavy (non-hydrogen) atoms. The van der Waals surface area contributed by atoms with Gasteiger partial charge in [-0.15, -0.1) is 11.3 Å². The lowest BCUT2D eigenvalue weighted by Gasteiger charge is -2.32. The summed E-state index contributed by atoms with van der Waals surface area (Å²) in [5, 5.41) is 5.14. The van der Waals surface area contributed by atoms with Crippen molar-refractivity contribution in [3.8, 4) is 0 Å². The van der Waals surface area contributed by atoms with Gasteiger partial charge in [0.1, 0.15) is 0 Å². The minimum absolute atomic E-state index is 0.339. The summed E-state index contributed by atoms with van der Waals surface area (Å²) in [6.07, 6.45) is 0. The van der Waals surface area contributed by atoms with Gasteiger partial charge < -0.3 is 9.31 Å². The van der Waals surface area contributed by atoms with E-state index in [1.54, 1.807) is 0 Å². The average molecular weight is 360 g/mol. The van der Waals surface area contributed by atoms with E-state index in [0.29, 0.717) is 0 Å². The molecule has 4 heteroatoms. The summed E-state index contributed by atoms with van der Waals surface area (Å²) in [7, 11) is -0.348. The van der Waals surface area contributed by atoms with Crippen LogP contribution in [0.1, 0.15) is 27.7 Å². The Labute approximate surface area is 157 Å². The lowest BCUT2D eigenvalue weighted by molar-refractivity contribution is 0.00578. The summed E-state index contributed by atoms with van der Waals surface area (Å²) in [6.45, 7) is 8.42. The fourth-order valence-corrected chi connectivity index (χ4v) is 4.95. The predicted octanol–water partition coefficient (Wildman–Crippen LogP) is 5.51. The minimum Gasteiger partial charge on any atom is -0.399 e. The highest BCUT2D eigenvalue weighted by molar-refractivity contribution is 7.26. The zero-order valence-corrected chi connectivity index (χ0v) is 16.3.